The molecule has 3 rings (SSSR count). The SMILES string of the molecule is CCn1ncc(Cn2cc(NC(=S)NCCCn3cc(Br)cn3)cn2)c1C. The Bertz CT molecular complexity index is 897. The molecule has 8 nitrogen and oxygen atoms in total. The van der Waals surface area contributed by atoms with Gasteiger partial charge in [0.05, 0.1) is 35.3 Å². The zero-order valence-corrected chi connectivity index (χ0v) is 17.8. The fourth-order valence-electron chi connectivity index (χ4n) is 2.73. The van der Waals surface area contributed by atoms with Crippen LogP contribution in [0.5, 0.6) is 0 Å². The van der Waals surface area contributed by atoms with Gasteiger partial charge in [-0.2, -0.15) is 15.3 Å². The summed E-state index contributed by atoms with van der Waals surface area (Å²) >= 11 is 8.74. The van der Waals surface area contributed by atoms with Crippen molar-refractivity contribution in [3.63, 3.8) is 0 Å². The molecule has 3 aromatic rings. The minimum absolute atomic E-state index is 0.589. The summed E-state index contributed by atoms with van der Waals surface area (Å²) in [6, 6.07) is 0. The Morgan fingerprint density at radius 1 is 1.15 bits per heavy atom. The van der Waals surface area contributed by atoms with Crippen molar-refractivity contribution >= 4 is 38.9 Å². The monoisotopic (exact) mass is 450 g/mol. The van der Waals surface area contributed by atoms with Gasteiger partial charge in [-0.05, 0) is 48.4 Å². The molecule has 0 radical (unpaired) electrons. The third kappa shape index (κ3) is 5.39. The molecule has 0 aliphatic carbocycles. The fourth-order valence-corrected chi connectivity index (χ4v) is 3.28. The van der Waals surface area contributed by atoms with Crippen molar-refractivity contribution in [2.45, 2.75) is 39.9 Å². The van der Waals surface area contributed by atoms with Gasteiger partial charge in [0.15, 0.2) is 5.11 Å². The Balaban J connectivity index is 1.42. The molecular weight excluding hydrogens is 428 g/mol. The highest BCUT2D eigenvalue weighted by atomic mass is 79.9. The van der Waals surface area contributed by atoms with Gasteiger partial charge in [0.25, 0.3) is 0 Å². The third-order valence-corrected chi connectivity index (χ3v) is 4.84. The molecule has 0 spiro atoms. The van der Waals surface area contributed by atoms with Crippen LogP contribution in [0.2, 0.25) is 0 Å². The molecule has 3 heterocycles. The van der Waals surface area contributed by atoms with E-state index in [1.54, 1.807) is 12.4 Å². The average molecular weight is 451 g/mol. The molecular formula is C17H23BrN8S. The molecule has 2 N–H and O–H groups in total. The van der Waals surface area contributed by atoms with Crippen LogP contribution in [-0.4, -0.2) is 41.0 Å². The summed E-state index contributed by atoms with van der Waals surface area (Å²) < 4.78 is 6.75. The summed E-state index contributed by atoms with van der Waals surface area (Å²) in [7, 11) is 0. The summed E-state index contributed by atoms with van der Waals surface area (Å²) in [6.45, 7) is 7.33. The van der Waals surface area contributed by atoms with Crippen LogP contribution in [0.1, 0.15) is 24.6 Å². The van der Waals surface area contributed by atoms with E-state index in [1.165, 1.54) is 5.69 Å². The molecule has 3 aromatic heterocycles. The van der Waals surface area contributed by atoms with Crippen LogP contribution in [0, 0.1) is 6.92 Å². The van der Waals surface area contributed by atoms with Crippen molar-refractivity contribution in [1.82, 2.24) is 34.7 Å². The molecule has 144 valence electrons. The van der Waals surface area contributed by atoms with Gasteiger partial charge in [-0.15, -0.1) is 0 Å². The van der Waals surface area contributed by atoms with E-state index in [9.17, 15) is 0 Å². The standard InChI is InChI=1S/C17H23BrN8S/c1-3-26-13(2)14(7-22-26)10-25-12-16(9-21-25)23-17(27)19-5-4-6-24-11-15(18)8-20-24/h7-9,11-12H,3-6,10H2,1-2H3,(H2,19,23,27). The number of nitrogens with one attached hydrogen (secondary N) is 2. The molecule has 0 atom stereocenters. The Kier molecular flexibility index (Phi) is 6.62. The maximum absolute atomic E-state index is 5.35. The number of hydrogen-bond donors (Lipinski definition) is 2. The number of aryl methyl sites for hydroxylation is 2. The predicted octanol–water partition coefficient (Wildman–Crippen LogP) is 2.79. The van der Waals surface area contributed by atoms with Crippen LogP contribution in [0.15, 0.2) is 35.5 Å². The van der Waals surface area contributed by atoms with E-state index in [0.29, 0.717) is 11.7 Å². The van der Waals surface area contributed by atoms with E-state index in [4.69, 9.17) is 12.2 Å². The molecule has 0 unspecified atom stereocenters. The first-order chi connectivity index (χ1) is 13.0. The molecule has 27 heavy (non-hydrogen) atoms. The Hall–Kier alpha value is -2.20. The summed E-state index contributed by atoms with van der Waals surface area (Å²) in [5, 5.41) is 20.0. The van der Waals surface area contributed by atoms with Gasteiger partial charge in [0.1, 0.15) is 0 Å². The average Bonchev–Trinajstić information content (AvgIpc) is 3.34. The first-order valence-corrected chi connectivity index (χ1v) is 10.0. The van der Waals surface area contributed by atoms with Crippen molar-refractivity contribution in [2.75, 3.05) is 11.9 Å². The maximum Gasteiger partial charge on any atom is 0.170 e. The van der Waals surface area contributed by atoms with Gasteiger partial charge in [0, 0.05) is 43.3 Å². The van der Waals surface area contributed by atoms with E-state index in [2.05, 4.69) is 55.7 Å². The zero-order valence-electron chi connectivity index (χ0n) is 15.4. The highest BCUT2D eigenvalue weighted by Crippen LogP contribution is 2.11. The van der Waals surface area contributed by atoms with E-state index in [0.717, 1.165) is 41.8 Å². The van der Waals surface area contributed by atoms with Gasteiger partial charge >= 0.3 is 0 Å². The van der Waals surface area contributed by atoms with Crippen LogP contribution < -0.4 is 10.6 Å². The Morgan fingerprint density at radius 2 is 1.96 bits per heavy atom. The first kappa shape index (κ1) is 19.6. The molecule has 0 aromatic carbocycles. The number of halogens is 1. The molecule has 0 amide bonds. The van der Waals surface area contributed by atoms with Crippen LogP contribution >= 0.6 is 28.1 Å². The fraction of sp³-hybridized carbons (Fsp3) is 0.412. The number of anilines is 1. The predicted molar refractivity (Wildman–Crippen MR) is 113 cm³/mol. The van der Waals surface area contributed by atoms with Gasteiger partial charge in [-0.3, -0.25) is 14.0 Å². The van der Waals surface area contributed by atoms with Gasteiger partial charge in [-0.25, -0.2) is 0 Å². The zero-order chi connectivity index (χ0) is 19.2. The number of hydrogen-bond acceptors (Lipinski definition) is 4. The lowest BCUT2D eigenvalue weighted by molar-refractivity contribution is 0.573. The Morgan fingerprint density at radius 3 is 2.67 bits per heavy atom. The lowest BCUT2D eigenvalue weighted by atomic mass is 10.2. The molecule has 0 aliphatic rings. The van der Waals surface area contributed by atoms with E-state index in [1.807, 2.05) is 32.6 Å². The van der Waals surface area contributed by atoms with Crippen LogP contribution in [0.3, 0.4) is 0 Å². The van der Waals surface area contributed by atoms with Crippen LogP contribution in [0.4, 0.5) is 5.69 Å². The minimum Gasteiger partial charge on any atom is -0.362 e. The van der Waals surface area contributed by atoms with Gasteiger partial charge in [0.2, 0.25) is 0 Å². The highest BCUT2D eigenvalue weighted by molar-refractivity contribution is 9.10. The summed E-state index contributed by atoms with van der Waals surface area (Å²) in [6.07, 6.45) is 10.3. The minimum atomic E-state index is 0.589. The second-order valence-corrected chi connectivity index (χ2v) is 7.48. The maximum atomic E-state index is 5.35. The van der Waals surface area contributed by atoms with Crippen LogP contribution in [0.25, 0.3) is 0 Å². The lowest BCUT2D eigenvalue weighted by Crippen LogP contribution is -2.29. The molecule has 0 saturated carbocycles. The van der Waals surface area contributed by atoms with E-state index in [-0.39, 0.29) is 0 Å². The molecule has 0 aliphatic heterocycles. The number of aromatic nitrogens is 6. The molecule has 0 bridgehead atoms. The first-order valence-electron chi connectivity index (χ1n) is 8.81. The molecule has 10 heteroatoms. The van der Waals surface area contributed by atoms with Crippen molar-refractivity contribution in [3.05, 3.63) is 46.7 Å². The van der Waals surface area contributed by atoms with Crippen molar-refractivity contribution in [2.24, 2.45) is 0 Å². The highest BCUT2D eigenvalue weighted by Gasteiger charge is 2.07. The Labute approximate surface area is 172 Å². The quantitative estimate of drug-likeness (QED) is 0.405. The third-order valence-electron chi connectivity index (χ3n) is 4.18. The van der Waals surface area contributed by atoms with E-state index < -0.39 is 0 Å². The second-order valence-electron chi connectivity index (χ2n) is 6.15. The second kappa shape index (κ2) is 9.14. The summed E-state index contributed by atoms with van der Waals surface area (Å²) in [4.78, 5) is 0. The molecule has 0 saturated heterocycles. The summed E-state index contributed by atoms with van der Waals surface area (Å²) in [5.41, 5.74) is 3.20. The topological polar surface area (TPSA) is 77.5 Å². The van der Waals surface area contributed by atoms with Crippen molar-refractivity contribution in [1.29, 1.82) is 0 Å². The normalized spacial score (nSPS) is 10.9. The summed E-state index contributed by atoms with van der Waals surface area (Å²) in [5.74, 6) is 0. The van der Waals surface area contributed by atoms with Crippen LogP contribution in [-0.2, 0) is 19.6 Å². The number of rotatable bonds is 8. The lowest BCUT2D eigenvalue weighted by Gasteiger charge is -2.08. The van der Waals surface area contributed by atoms with Crippen molar-refractivity contribution in [3.8, 4) is 0 Å². The van der Waals surface area contributed by atoms with E-state index >= 15 is 0 Å². The van der Waals surface area contributed by atoms with Gasteiger partial charge in [-0.1, -0.05) is 0 Å². The number of nitrogens with zero attached hydrogens (tertiary/aromatic N) is 6. The molecule has 0 fully saturated rings. The van der Waals surface area contributed by atoms with Crippen molar-refractivity contribution < 1.29 is 0 Å². The smallest absolute Gasteiger partial charge is 0.170 e. The number of thiocarbonyl (C=S) groups is 1. The van der Waals surface area contributed by atoms with Gasteiger partial charge < -0.3 is 10.6 Å². The largest absolute Gasteiger partial charge is 0.362 e.